The lowest BCUT2D eigenvalue weighted by molar-refractivity contribution is 0.284. The normalized spacial score (nSPS) is 18.9. The van der Waals surface area contributed by atoms with Gasteiger partial charge in [0.25, 0.3) is 0 Å². The minimum absolute atomic E-state index is 0.0919. The van der Waals surface area contributed by atoms with E-state index >= 15 is 0 Å². The Balaban J connectivity index is 1.28. The van der Waals surface area contributed by atoms with Crippen molar-refractivity contribution in [2.45, 2.75) is 30.6 Å². The first-order valence-corrected chi connectivity index (χ1v) is 13.2. The van der Waals surface area contributed by atoms with E-state index < -0.39 is 10.0 Å². The van der Waals surface area contributed by atoms with Crippen molar-refractivity contribution in [1.82, 2.24) is 14.7 Å². The fraction of sp³-hybridized carbons (Fsp3) is 0.391. The van der Waals surface area contributed by atoms with E-state index in [9.17, 15) is 8.42 Å². The van der Waals surface area contributed by atoms with E-state index in [4.69, 9.17) is 23.2 Å². The Morgan fingerprint density at radius 2 is 1.58 bits per heavy atom. The number of para-hydroxylation sites is 1. The summed E-state index contributed by atoms with van der Waals surface area (Å²) in [6.07, 6.45) is 3.97. The summed E-state index contributed by atoms with van der Waals surface area (Å²) in [5.41, 5.74) is 0.899. The number of fused-ring (bicyclic) bond motifs is 1. The molecule has 1 aromatic heterocycles. The third kappa shape index (κ3) is 6.06. The van der Waals surface area contributed by atoms with Crippen molar-refractivity contribution in [3.63, 3.8) is 0 Å². The molecule has 1 fully saturated rings. The molecule has 3 aromatic rings. The summed E-state index contributed by atoms with van der Waals surface area (Å²) in [6.45, 7) is 1.20. The summed E-state index contributed by atoms with van der Waals surface area (Å²) in [7, 11) is -1.79. The quantitative estimate of drug-likeness (QED) is 0.388. The van der Waals surface area contributed by atoms with Gasteiger partial charge >= 0.3 is 0 Å². The molecule has 0 atom stereocenters. The maximum atomic E-state index is 12.6. The van der Waals surface area contributed by atoms with E-state index in [2.05, 4.69) is 25.3 Å². The molecular formula is C23H27Cl2N5O2S. The van der Waals surface area contributed by atoms with E-state index in [1.54, 1.807) is 0 Å². The zero-order valence-corrected chi connectivity index (χ0v) is 20.6. The molecule has 0 amide bonds. The second-order valence-electron chi connectivity index (χ2n) is 8.39. The lowest BCUT2D eigenvalue weighted by Gasteiger charge is -2.28. The Bertz CT molecular complexity index is 1210. The predicted octanol–water partition coefficient (Wildman–Crippen LogP) is 5.18. The lowest BCUT2D eigenvalue weighted by Crippen LogP contribution is -2.32. The number of anilines is 2. The number of hydrogen-bond acceptors (Lipinski definition) is 6. The van der Waals surface area contributed by atoms with Gasteiger partial charge in [0.05, 0.1) is 10.4 Å². The highest BCUT2D eigenvalue weighted by Crippen LogP contribution is 2.30. The molecule has 10 heteroatoms. The monoisotopic (exact) mass is 507 g/mol. The van der Waals surface area contributed by atoms with Gasteiger partial charge in [0.1, 0.15) is 5.82 Å². The summed E-state index contributed by atoms with van der Waals surface area (Å²) in [6, 6.07) is 12.3. The molecule has 4 rings (SSSR count). The molecule has 7 nitrogen and oxygen atoms in total. The summed E-state index contributed by atoms with van der Waals surface area (Å²) in [4.78, 5) is 9.30. The third-order valence-electron chi connectivity index (χ3n) is 6.06. The van der Waals surface area contributed by atoms with Gasteiger partial charge in [0, 0.05) is 35.6 Å². The van der Waals surface area contributed by atoms with E-state index in [0.717, 1.165) is 48.9 Å². The van der Waals surface area contributed by atoms with Crippen molar-refractivity contribution in [2.75, 3.05) is 30.8 Å². The highest BCUT2D eigenvalue weighted by atomic mass is 35.5. The van der Waals surface area contributed by atoms with E-state index in [1.807, 2.05) is 31.3 Å². The number of aromatic nitrogens is 2. The molecule has 1 aliphatic rings. The van der Waals surface area contributed by atoms with Gasteiger partial charge < -0.3 is 10.6 Å². The molecule has 3 N–H and O–H groups in total. The van der Waals surface area contributed by atoms with Crippen LogP contribution in [0.1, 0.15) is 25.7 Å². The average molecular weight is 508 g/mol. The van der Waals surface area contributed by atoms with Crippen LogP contribution >= 0.6 is 23.2 Å². The van der Waals surface area contributed by atoms with Crippen LogP contribution in [0.2, 0.25) is 10.0 Å². The van der Waals surface area contributed by atoms with Crippen molar-refractivity contribution < 1.29 is 8.42 Å². The fourth-order valence-corrected chi connectivity index (χ4v) is 6.06. The third-order valence-corrected chi connectivity index (χ3v) is 7.90. The first-order valence-electron chi connectivity index (χ1n) is 11.0. The molecular weight excluding hydrogens is 481 g/mol. The number of rotatable bonds is 8. The molecule has 33 heavy (non-hydrogen) atoms. The Kier molecular flexibility index (Phi) is 7.58. The zero-order valence-electron chi connectivity index (χ0n) is 18.3. The smallest absolute Gasteiger partial charge is 0.240 e. The van der Waals surface area contributed by atoms with Gasteiger partial charge in [-0.2, -0.15) is 4.98 Å². The molecule has 1 saturated carbocycles. The predicted molar refractivity (Wildman–Crippen MR) is 135 cm³/mol. The van der Waals surface area contributed by atoms with Crippen LogP contribution in [-0.4, -0.2) is 38.5 Å². The fourth-order valence-electron chi connectivity index (χ4n) is 4.22. The maximum Gasteiger partial charge on any atom is 0.240 e. The van der Waals surface area contributed by atoms with E-state index in [-0.39, 0.29) is 4.90 Å². The largest absolute Gasteiger partial charge is 0.372 e. The van der Waals surface area contributed by atoms with Crippen LogP contribution < -0.4 is 15.4 Å². The summed E-state index contributed by atoms with van der Waals surface area (Å²) < 4.78 is 27.9. The zero-order chi connectivity index (χ0) is 23.4. The average Bonchev–Trinajstić information content (AvgIpc) is 2.81. The number of nitrogens with zero attached hydrogens (tertiary/aromatic N) is 2. The molecule has 1 heterocycles. The molecule has 0 bridgehead atoms. The molecule has 0 saturated heterocycles. The van der Waals surface area contributed by atoms with Crippen LogP contribution in [0.25, 0.3) is 10.9 Å². The Hall–Kier alpha value is -2.13. The summed E-state index contributed by atoms with van der Waals surface area (Å²) in [5, 5.41) is 8.11. The minimum Gasteiger partial charge on any atom is -0.372 e. The topological polar surface area (TPSA) is 96.0 Å². The van der Waals surface area contributed by atoms with E-state index in [0.29, 0.717) is 34.4 Å². The molecule has 2 aromatic carbocycles. The molecule has 0 radical (unpaired) electrons. The highest BCUT2D eigenvalue weighted by molar-refractivity contribution is 7.89. The van der Waals surface area contributed by atoms with Crippen molar-refractivity contribution in [2.24, 2.45) is 11.8 Å². The number of hydrogen-bond donors (Lipinski definition) is 3. The van der Waals surface area contributed by atoms with Crippen molar-refractivity contribution in [3.8, 4) is 0 Å². The summed E-state index contributed by atoms with van der Waals surface area (Å²) >= 11 is 11.9. The van der Waals surface area contributed by atoms with Crippen LogP contribution in [0.3, 0.4) is 0 Å². The van der Waals surface area contributed by atoms with Gasteiger partial charge in [-0.1, -0.05) is 35.3 Å². The van der Waals surface area contributed by atoms with E-state index in [1.165, 1.54) is 18.2 Å². The second kappa shape index (κ2) is 10.4. The lowest BCUT2D eigenvalue weighted by atomic mass is 9.82. The van der Waals surface area contributed by atoms with Gasteiger partial charge in [-0.25, -0.2) is 18.1 Å². The molecule has 1 aliphatic carbocycles. The van der Waals surface area contributed by atoms with Gasteiger partial charge in [-0.15, -0.1) is 0 Å². The van der Waals surface area contributed by atoms with Crippen LogP contribution in [0.15, 0.2) is 47.4 Å². The first-order chi connectivity index (χ1) is 15.8. The Morgan fingerprint density at radius 1 is 0.939 bits per heavy atom. The van der Waals surface area contributed by atoms with Gasteiger partial charge in [0.2, 0.25) is 16.0 Å². The SMILES string of the molecule is CNc1nc(NCC2CCC(CNS(=O)(=O)c3cc(Cl)cc(Cl)c3)CC2)nc2ccccc12. The van der Waals surface area contributed by atoms with Crippen molar-refractivity contribution >= 4 is 55.9 Å². The standard InChI is InChI=1S/C23H27Cl2N5O2S/c1-26-22-20-4-2-3-5-21(20)29-23(30-22)27-13-15-6-8-16(9-7-15)14-28-33(31,32)19-11-17(24)10-18(25)12-19/h2-5,10-12,15-16,28H,6-9,13-14H2,1H3,(H2,26,27,29,30). The maximum absolute atomic E-state index is 12.6. The minimum atomic E-state index is -3.64. The van der Waals surface area contributed by atoms with Gasteiger partial charge in [-0.3, -0.25) is 0 Å². The molecule has 0 aliphatic heterocycles. The van der Waals surface area contributed by atoms with Crippen LogP contribution in [-0.2, 0) is 10.0 Å². The first kappa shape index (κ1) is 24.0. The number of nitrogens with one attached hydrogen (secondary N) is 3. The Morgan fingerprint density at radius 3 is 2.24 bits per heavy atom. The number of benzene rings is 2. The van der Waals surface area contributed by atoms with Gasteiger partial charge in [-0.05, 0) is 67.9 Å². The van der Waals surface area contributed by atoms with Crippen molar-refractivity contribution in [3.05, 3.63) is 52.5 Å². The summed E-state index contributed by atoms with van der Waals surface area (Å²) in [5.74, 6) is 2.23. The number of halogens is 2. The molecule has 0 spiro atoms. The van der Waals surface area contributed by atoms with Gasteiger partial charge in [0.15, 0.2) is 0 Å². The highest BCUT2D eigenvalue weighted by Gasteiger charge is 2.24. The molecule has 0 unspecified atom stereocenters. The molecule has 176 valence electrons. The number of sulfonamides is 1. The van der Waals surface area contributed by atoms with Crippen LogP contribution in [0.5, 0.6) is 0 Å². The second-order valence-corrected chi connectivity index (χ2v) is 11.0. The van der Waals surface area contributed by atoms with Crippen LogP contribution in [0, 0.1) is 11.8 Å². The van der Waals surface area contributed by atoms with Crippen LogP contribution in [0.4, 0.5) is 11.8 Å². The Labute approximate surface area is 204 Å². The van der Waals surface area contributed by atoms with Crippen molar-refractivity contribution in [1.29, 1.82) is 0 Å².